The van der Waals surface area contributed by atoms with Crippen LogP contribution in [0.5, 0.6) is 0 Å². The van der Waals surface area contributed by atoms with Crippen LogP contribution in [0.1, 0.15) is 32.1 Å². The van der Waals surface area contributed by atoms with Crippen LogP contribution in [0.25, 0.3) is 0 Å². The minimum atomic E-state index is -0.0626. The molecule has 2 unspecified atom stereocenters. The molecule has 3 rings (SSSR count). The van der Waals surface area contributed by atoms with Crippen LogP contribution in [0.15, 0.2) is 18.2 Å². The van der Waals surface area contributed by atoms with E-state index in [1.165, 1.54) is 19.3 Å². The summed E-state index contributed by atoms with van der Waals surface area (Å²) < 4.78 is 0. The van der Waals surface area contributed by atoms with Crippen LogP contribution in [0.4, 0.5) is 5.69 Å². The summed E-state index contributed by atoms with van der Waals surface area (Å²) >= 11 is 12.1. The van der Waals surface area contributed by atoms with Crippen molar-refractivity contribution >= 4 is 47.2 Å². The highest BCUT2D eigenvalue weighted by molar-refractivity contribution is 6.36. The minimum Gasteiger partial charge on any atom is -0.323 e. The number of hydrogen-bond donors (Lipinski definition) is 2. The van der Waals surface area contributed by atoms with E-state index in [-0.39, 0.29) is 24.4 Å². The normalized spacial score (nSPS) is 24.4. The topological polar surface area (TPSA) is 44.4 Å². The molecule has 2 saturated heterocycles. The third-order valence-corrected chi connectivity index (χ3v) is 5.54. The highest BCUT2D eigenvalue weighted by Crippen LogP contribution is 2.27. The van der Waals surface area contributed by atoms with Gasteiger partial charge < -0.3 is 10.6 Å². The summed E-state index contributed by atoms with van der Waals surface area (Å²) in [5, 5.41) is 7.50. The molecule has 0 bridgehead atoms. The molecule has 0 aromatic heterocycles. The number of rotatable bonds is 4. The Hall–Kier alpha value is -0.520. The number of hydrogen-bond acceptors (Lipinski definition) is 3. The molecule has 1 aromatic carbocycles. The Morgan fingerprint density at radius 3 is 2.80 bits per heavy atom. The second-order valence-corrected chi connectivity index (χ2v) is 7.68. The smallest absolute Gasteiger partial charge is 0.241 e. The van der Waals surface area contributed by atoms with E-state index in [2.05, 4.69) is 15.5 Å². The first-order valence-corrected chi connectivity index (χ1v) is 9.60. The maximum atomic E-state index is 12.8. The molecule has 2 aliphatic rings. The lowest BCUT2D eigenvalue weighted by Gasteiger charge is -2.38. The van der Waals surface area contributed by atoms with Gasteiger partial charge in [-0.05, 0) is 69.4 Å². The summed E-state index contributed by atoms with van der Waals surface area (Å²) in [5.74, 6) is 0.689. The Kier molecular flexibility index (Phi) is 8.30. The zero-order valence-corrected chi connectivity index (χ0v) is 16.6. The first kappa shape index (κ1) is 20.8. The summed E-state index contributed by atoms with van der Waals surface area (Å²) in [5.41, 5.74) is 0.635. The van der Waals surface area contributed by atoms with Gasteiger partial charge in [-0.2, -0.15) is 0 Å². The van der Waals surface area contributed by atoms with Gasteiger partial charge >= 0.3 is 0 Å². The van der Waals surface area contributed by atoms with Crippen LogP contribution in [-0.2, 0) is 4.79 Å². The molecule has 0 aliphatic carbocycles. The van der Waals surface area contributed by atoms with Gasteiger partial charge in [-0.15, -0.1) is 12.4 Å². The largest absolute Gasteiger partial charge is 0.323 e. The average Bonchev–Trinajstić information content (AvgIpc) is 2.59. The lowest BCUT2D eigenvalue weighted by atomic mass is 9.95. The molecule has 2 heterocycles. The van der Waals surface area contributed by atoms with Crippen molar-refractivity contribution in [2.24, 2.45) is 5.92 Å². The molecular weight excluding hydrogens is 381 g/mol. The fraction of sp³-hybridized carbons (Fsp3) is 0.611. The third kappa shape index (κ3) is 5.73. The quantitative estimate of drug-likeness (QED) is 0.787. The van der Waals surface area contributed by atoms with Crippen molar-refractivity contribution in [3.8, 4) is 0 Å². The van der Waals surface area contributed by atoms with Crippen LogP contribution in [0.3, 0.4) is 0 Å². The maximum absolute atomic E-state index is 12.8. The summed E-state index contributed by atoms with van der Waals surface area (Å²) in [6.45, 7) is 4.19. The fourth-order valence-electron chi connectivity index (χ4n) is 3.72. The van der Waals surface area contributed by atoms with Gasteiger partial charge in [-0.25, -0.2) is 0 Å². The zero-order valence-electron chi connectivity index (χ0n) is 14.3. The van der Waals surface area contributed by atoms with Crippen LogP contribution < -0.4 is 10.6 Å². The SMILES string of the molecule is Cl.O=C(Nc1ccc(Cl)cc1Cl)C1CCCCN1CC1CCCNC1. The highest BCUT2D eigenvalue weighted by atomic mass is 35.5. The number of carbonyl (C=O) groups is 1. The Bertz CT molecular complexity index is 579. The van der Waals surface area contributed by atoms with Crippen LogP contribution in [0, 0.1) is 5.92 Å². The molecule has 1 amide bonds. The van der Waals surface area contributed by atoms with E-state index in [9.17, 15) is 4.79 Å². The molecule has 140 valence electrons. The zero-order chi connectivity index (χ0) is 16.9. The maximum Gasteiger partial charge on any atom is 0.241 e. The number of amides is 1. The van der Waals surface area contributed by atoms with Gasteiger partial charge in [0.2, 0.25) is 5.91 Å². The van der Waals surface area contributed by atoms with Crippen molar-refractivity contribution in [1.29, 1.82) is 0 Å². The predicted octanol–water partition coefficient (Wildman–Crippen LogP) is 4.21. The van der Waals surface area contributed by atoms with Crippen molar-refractivity contribution in [3.05, 3.63) is 28.2 Å². The predicted molar refractivity (Wildman–Crippen MR) is 107 cm³/mol. The number of halogens is 3. The number of piperidine rings is 2. The molecule has 1 aromatic rings. The monoisotopic (exact) mass is 405 g/mol. The Morgan fingerprint density at radius 2 is 2.08 bits per heavy atom. The fourth-order valence-corrected chi connectivity index (χ4v) is 4.18. The molecule has 25 heavy (non-hydrogen) atoms. The van der Waals surface area contributed by atoms with E-state index in [4.69, 9.17) is 23.2 Å². The summed E-state index contributed by atoms with van der Waals surface area (Å²) in [6.07, 6.45) is 5.67. The summed E-state index contributed by atoms with van der Waals surface area (Å²) in [6, 6.07) is 5.11. The van der Waals surface area contributed by atoms with Gasteiger partial charge in [0.1, 0.15) is 0 Å². The van der Waals surface area contributed by atoms with Gasteiger partial charge in [0.15, 0.2) is 0 Å². The second-order valence-electron chi connectivity index (χ2n) is 6.83. The van der Waals surface area contributed by atoms with Crippen molar-refractivity contribution < 1.29 is 4.79 Å². The number of anilines is 1. The first-order valence-electron chi connectivity index (χ1n) is 8.84. The van der Waals surface area contributed by atoms with E-state index in [1.807, 2.05) is 0 Å². The molecule has 7 heteroatoms. The third-order valence-electron chi connectivity index (χ3n) is 5.00. The molecular formula is C18H26Cl3N3O. The van der Waals surface area contributed by atoms with E-state index in [1.54, 1.807) is 18.2 Å². The Morgan fingerprint density at radius 1 is 1.24 bits per heavy atom. The average molecular weight is 407 g/mol. The number of nitrogens with one attached hydrogen (secondary N) is 2. The van der Waals surface area contributed by atoms with E-state index >= 15 is 0 Å². The molecule has 2 N–H and O–H groups in total. The van der Waals surface area contributed by atoms with Crippen molar-refractivity contribution in [2.45, 2.75) is 38.1 Å². The van der Waals surface area contributed by atoms with Crippen LogP contribution in [0.2, 0.25) is 10.0 Å². The number of likely N-dealkylation sites (tertiary alicyclic amines) is 1. The van der Waals surface area contributed by atoms with Crippen molar-refractivity contribution in [2.75, 3.05) is 31.5 Å². The second kappa shape index (κ2) is 9.98. The van der Waals surface area contributed by atoms with Gasteiger partial charge in [-0.3, -0.25) is 9.69 Å². The lowest BCUT2D eigenvalue weighted by Crippen LogP contribution is -2.50. The van der Waals surface area contributed by atoms with Crippen LogP contribution >= 0.6 is 35.6 Å². The molecule has 0 radical (unpaired) electrons. The van der Waals surface area contributed by atoms with Crippen molar-refractivity contribution in [1.82, 2.24) is 10.2 Å². The van der Waals surface area contributed by atoms with Crippen molar-refractivity contribution in [3.63, 3.8) is 0 Å². The lowest BCUT2D eigenvalue weighted by molar-refractivity contribution is -0.122. The summed E-state index contributed by atoms with van der Waals surface area (Å²) in [4.78, 5) is 15.2. The van der Waals surface area contributed by atoms with E-state index in [0.29, 0.717) is 21.7 Å². The molecule has 2 aliphatic heterocycles. The van der Waals surface area contributed by atoms with Gasteiger partial charge in [0.25, 0.3) is 0 Å². The van der Waals surface area contributed by atoms with Gasteiger partial charge in [0.05, 0.1) is 16.8 Å². The minimum absolute atomic E-state index is 0. The number of nitrogens with zero attached hydrogens (tertiary/aromatic N) is 1. The standard InChI is InChI=1S/C18H25Cl2N3O.ClH/c19-14-6-7-16(15(20)10-14)22-18(24)17-5-1-2-9-23(17)12-13-4-3-8-21-11-13;/h6-7,10,13,17,21H,1-5,8-9,11-12H2,(H,22,24);1H. The highest BCUT2D eigenvalue weighted by Gasteiger charge is 2.30. The van der Waals surface area contributed by atoms with E-state index in [0.717, 1.165) is 39.0 Å². The molecule has 4 nitrogen and oxygen atoms in total. The molecule has 0 spiro atoms. The Labute approximate surface area is 166 Å². The molecule has 0 saturated carbocycles. The van der Waals surface area contributed by atoms with Gasteiger partial charge in [-0.1, -0.05) is 29.6 Å². The van der Waals surface area contributed by atoms with Gasteiger partial charge in [0, 0.05) is 11.6 Å². The Balaban J connectivity index is 0.00000225. The molecule has 2 atom stereocenters. The molecule has 2 fully saturated rings. The van der Waals surface area contributed by atoms with E-state index < -0.39 is 0 Å². The number of benzene rings is 1. The summed E-state index contributed by atoms with van der Waals surface area (Å²) in [7, 11) is 0. The van der Waals surface area contributed by atoms with Crippen LogP contribution in [-0.4, -0.2) is 43.0 Å². The number of carbonyl (C=O) groups excluding carboxylic acids is 1. The first-order chi connectivity index (χ1) is 11.6.